The zero-order valence-corrected chi connectivity index (χ0v) is 17.8. The summed E-state index contributed by atoms with van der Waals surface area (Å²) >= 11 is 0. The molecule has 0 aliphatic heterocycles. The first-order chi connectivity index (χ1) is 14.8. The first kappa shape index (κ1) is 23.6. The quantitative estimate of drug-likeness (QED) is 0.531. The fraction of sp³-hybridized carbons (Fsp3) is 0.304. The highest BCUT2D eigenvalue weighted by Crippen LogP contribution is 2.10. The largest absolute Gasteiger partial charge is 0.454 e. The molecule has 8 nitrogen and oxygen atoms in total. The molecule has 0 aliphatic carbocycles. The van der Waals surface area contributed by atoms with Gasteiger partial charge in [-0.2, -0.15) is 0 Å². The van der Waals surface area contributed by atoms with Gasteiger partial charge in [0.15, 0.2) is 6.61 Å². The number of benzene rings is 2. The molecule has 2 aromatic carbocycles. The Kier molecular flexibility index (Phi) is 8.75. The van der Waals surface area contributed by atoms with E-state index >= 15 is 0 Å². The average Bonchev–Trinajstić information content (AvgIpc) is 2.76. The number of hydrogen-bond donors (Lipinski definition) is 3. The maximum atomic E-state index is 12.4. The van der Waals surface area contributed by atoms with Crippen LogP contribution in [-0.2, 0) is 25.5 Å². The summed E-state index contributed by atoms with van der Waals surface area (Å²) in [5.74, 6) is -1.96. The standard InChI is InChI=1S/C23H27N3O5/c1-15(2)21(26-19(27)13-16-7-5-4-6-8-16)23(30)31-14-20(28)25-18-11-9-17(10-12-18)22(29)24-3/h4-12,15,21H,13-14H2,1-3H3,(H,24,29)(H,25,28)(H,26,27)/t21-/m0/s1. The highest BCUT2D eigenvalue weighted by Gasteiger charge is 2.26. The van der Waals surface area contributed by atoms with Crippen molar-refractivity contribution < 1.29 is 23.9 Å². The lowest BCUT2D eigenvalue weighted by Gasteiger charge is -2.20. The summed E-state index contributed by atoms with van der Waals surface area (Å²) in [5.41, 5.74) is 1.75. The van der Waals surface area contributed by atoms with Crippen LogP contribution in [0.5, 0.6) is 0 Å². The molecule has 0 saturated carbocycles. The van der Waals surface area contributed by atoms with Gasteiger partial charge in [0, 0.05) is 18.3 Å². The Morgan fingerprint density at radius 3 is 2.13 bits per heavy atom. The first-order valence-corrected chi connectivity index (χ1v) is 9.92. The third-order valence-electron chi connectivity index (χ3n) is 4.45. The fourth-order valence-corrected chi connectivity index (χ4v) is 2.78. The summed E-state index contributed by atoms with van der Waals surface area (Å²) in [6.07, 6.45) is 0.143. The van der Waals surface area contributed by atoms with E-state index in [1.807, 2.05) is 30.3 Å². The summed E-state index contributed by atoms with van der Waals surface area (Å²) in [6.45, 7) is 3.07. The molecule has 31 heavy (non-hydrogen) atoms. The van der Waals surface area contributed by atoms with Gasteiger partial charge in [-0.05, 0) is 35.7 Å². The highest BCUT2D eigenvalue weighted by molar-refractivity contribution is 5.96. The lowest BCUT2D eigenvalue weighted by Crippen LogP contribution is -2.46. The van der Waals surface area contributed by atoms with Crippen molar-refractivity contribution in [3.05, 3.63) is 65.7 Å². The van der Waals surface area contributed by atoms with E-state index in [0.717, 1.165) is 5.56 Å². The van der Waals surface area contributed by atoms with E-state index in [-0.39, 0.29) is 24.2 Å². The van der Waals surface area contributed by atoms with Crippen molar-refractivity contribution in [3.63, 3.8) is 0 Å². The number of anilines is 1. The van der Waals surface area contributed by atoms with Gasteiger partial charge in [0.1, 0.15) is 6.04 Å². The van der Waals surface area contributed by atoms with Crippen LogP contribution < -0.4 is 16.0 Å². The van der Waals surface area contributed by atoms with Gasteiger partial charge in [0.05, 0.1) is 6.42 Å². The van der Waals surface area contributed by atoms with E-state index in [4.69, 9.17) is 4.74 Å². The SMILES string of the molecule is CNC(=O)c1ccc(NC(=O)COC(=O)[C@@H](NC(=O)Cc2ccccc2)C(C)C)cc1. The Labute approximate surface area is 181 Å². The van der Waals surface area contributed by atoms with Gasteiger partial charge in [0.2, 0.25) is 5.91 Å². The van der Waals surface area contributed by atoms with Gasteiger partial charge in [0.25, 0.3) is 11.8 Å². The molecule has 0 fully saturated rings. The number of ether oxygens (including phenoxy) is 1. The van der Waals surface area contributed by atoms with E-state index in [1.54, 1.807) is 38.1 Å². The Hall–Kier alpha value is -3.68. The van der Waals surface area contributed by atoms with Crippen molar-refractivity contribution in [2.24, 2.45) is 5.92 Å². The van der Waals surface area contributed by atoms with Crippen molar-refractivity contribution in [3.8, 4) is 0 Å². The van der Waals surface area contributed by atoms with Crippen LogP contribution in [0, 0.1) is 5.92 Å². The van der Waals surface area contributed by atoms with Crippen LogP contribution in [0.3, 0.4) is 0 Å². The summed E-state index contributed by atoms with van der Waals surface area (Å²) in [7, 11) is 1.53. The number of hydrogen-bond acceptors (Lipinski definition) is 5. The molecular weight excluding hydrogens is 398 g/mol. The Balaban J connectivity index is 1.85. The first-order valence-electron chi connectivity index (χ1n) is 9.92. The molecule has 0 aliphatic rings. The molecule has 0 unspecified atom stereocenters. The molecule has 2 rings (SSSR count). The van der Waals surface area contributed by atoms with Gasteiger partial charge < -0.3 is 20.7 Å². The van der Waals surface area contributed by atoms with Crippen molar-refractivity contribution in [2.75, 3.05) is 19.0 Å². The van der Waals surface area contributed by atoms with E-state index in [1.165, 1.54) is 7.05 Å². The van der Waals surface area contributed by atoms with Crippen molar-refractivity contribution in [1.29, 1.82) is 0 Å². The van der Waals surface area contributed by atoms with Crippen LogP contribution in [0.4, 0.5) is 5.69 Å². The van der Waals surface area contributed by atoms with Gasteiger partial charge in [-0.25, -0.2) is 4.79 Å². The number of rotatable bonds is 9. The van der Waals surface area contributed by atoms with E-state index in [2.05, 4.69) is 16.0 Å². The molecule has 1 atom stereocenters. The maximum Gasteiger partial charge on any atom is 0.329 e. The average molecular weight is 425 g/mol. The molecule has 164 valence electrons. The topological polar surface area (TPSA) is 114 Å². The summed E-state index contributed by atoms with van der Waals surface area (Å²) in [6, 6.07) is 14.6. The smallest absolute Gasteiger partial charge is 0.329 e. The monoisotopic (exact) mass is 425 g/mol. The fourth-order valence-electron chi connectivity index (χ4n) is 2.78. The van der Waals surface area contributed by atoms with Crippen LogP contribution in [0.1, 0.15) is 29.8 Å². The molecular formula is C23H27N3O5. The summed E-state index contributed by atoms with van der Waals surface area (Å²) < 4.78 is 5.10. The number of carbonyl (C=O) groups is 4. The molecule has 3 amide bonds. The molecule has 0 radical (unpaired) electrons. The minimum Gasteiger partial charge on any atom is -0.454 e. The third-order valence-corrected chi connectivity index (χ3v) is 4.45. The van der Waals surface area contributed by atoms with Gasteiger partial charge >= 0.3 is 5.97 Å². The van der Waals surface area contributed by atoms with Crippen molar-refractivity contribution >= 4 is 29.4 Å². The van der Waals surface area contributed by atoms with Crippen molar-refractivity contribution in [1.82, 2.24) is 10.6 Å². The number of amides is 3. The number of nitrogens with one attached hydrogen (secondary N) is 3. The van der Waals surface area contributed by atoms with Crippen LogP contribution in [-0.4, -0.2) is 43.4 Å². The maximum absolute atomic E-state index is 12.4. The Morgan fingerprint density at radius 1 is 0.903 bits per heavy atom. The third kappa shape index (κ3) is 7.58. The molecule has 3 N–H and O–H groups in total. The molecule has 0 heterocycles. The zero-order valence-electron chi connectivity index (χ0n) is 17.8. The molecule has 2 aromatic rings. The van der Waals surface area contributed by atoms with Crippen LogP contribution in [0.15, 0.2) is 54.6 Å². The molecule has 0 bridgehead atoms. The van der Waals surface area contributed by atoms with Crippen LogP contribution >= 0.6 is 0 Å². The van der Waals surface area contributed by atoms with E-state index < -0.39 is 24.5 Å². The lowest BCUT2D eigenvalue weighted by molar-refractivity contribution is -0.151. The molecule has 0 spiro atoms. The van der Waals surface area contributed by atoms with Crippen LogP contribution in [0.2, 0.25) is 0 Å². The highest BCUT2D eigenvalue weighted by atomic mass is 16.5. The number of esters is 1. The van der Waals surface area contributed by atoms with Gasteiger partial charge in [-0.1, -0.05) is 44.2 Å². The molecule has 0 saturated heterocycles. The minimum absolute atomic E-state index is 0.143. The van der Waals surface area contributed by atoms with Gasteiger partial charge in [-0.15, -0.1) is 0 Å². The van der Waals surface area contributed by atoms with Gasteiger partial charge in [-0.3, -0.25) is 14.4 Å². The number of carbonyl (C=O) groups excluding carboxylic acids is 4. The normalized spacial score (nSPS) is 11.4. The predicted molar refractivity (Wildman–Crippen MR) is 116 cm³/mol. The summed E-state index contributed by atoms with van der Waals surface area (Å²) in [5, 5.41) is 7.77. The summed E-state index contributed by atoms with van der Waals surface area (Å²) in [4.78, 5) is 48.3. The molecule has 0 aromatic heterocycles. The Morgan fingerprint density at radius 2 is 1.55 bits per heavy atom. The second kappa shape index (κ2) is 11.5. The Bertz CT molecular complexity index is 911. The zero-order chi connectivity index (χ0) is 22.8. The predicted octanol–water partition coefficient (Wildman–Crippen LogP) is 1.91. The van der Waals surface area contributed by atoms with Crippen LogP contribution in [0.25, 0.3) is 0 Å². The lowest BCUT2D eigenvalue weighted by atomic mass is 10.0. The second-order valence-corrected chi connectivity index (χ2v) is 7.26. The molecule has 8 heteroatoms. The minimum atomic E-state index is -0.865. The van der Waals surface area contributed by atoms with Crippen molar-refractivity contribution in [2.45, 2.75) is 26.3 Å². The van der Waals surface area contributed by atoms with E-state index in [0.29, 0.717) is 11.3 Å². The second-order valence-electron chi connectivity index (χ2n) is 7.26. The van der Waals surface area contributed by atoms with E-state index in [9.17, 15) is 19.2 Å².